The Kier molecular flexibility index (Phi) is 6.72. The third kappa shape index (κ3) is 4.13. The average Bonchev–Trinajstić information content (AvgIpc) is 3.08. The summed E-state index contributed by atoms with van der Waals surface area (Å²) >= 11 is 0. The molecule has 0 aromatic rings. The molecule has 8 atom stereocenters. The van der Waals surface area contributed by atoms with Gasteiger partial charge < -0.3 is 19.3 Å². The summed E-state index contributed by atoms with van der Waals surface area (Å²) < 4.78 is 17.5. The van der Waals surface area contributed by atoms with Crippen LogP contribution in [-0.4, -0.2) is 47.4 Å². The Bertz CT molecular complexity index is 1180. The number of rotatable bonds is 4. The van der Waals surface area contributed by atoms with Gasteiger partial charge in [-0.2, -0.15) is 0 Å². The summed E-state index contributed by atoms with van der Waals surface area (Å²) in [7, 11) is 0. The molecule has 7 heteroatoms. The molecule has 1 saturated carbocycles. The molecule has 2 fully saturated rings. The molecule has 5 rings (SSSR count). The van der Waals surface area contributed by atoms with E-state index in [4.69, 9.17) is 14.2 Å². The molecule has 0 bridgehead atoms. The minimum Gasteiger partial charge on any atom is -0.465 e. The molecule has 0 amide bonds. The van der Waals surface area contributed by atoms with E-state index in [0.717, 1.165) is 25.7 Å². The van der Waals surface area contributed by atoms with Crippen molar-refractivity contribution in [2.75, 3.05) is 6.61 Å². The van der Waals surface area contributed by atoms with E-state index < -0.39 is 23.2 Å². The highest BCUT2D eigenvalue weighted by Crippen LogP contribution is 2.71. The second-order valence-electron chi connectivity index (χ2n) is 13.7. The molecule has 7 nitrogen and oxygen atoms in total. The Morgan fingerprint density at radius 3 is 2.56 bits per heavy atom. The summed E-state index contributed by atoms with van der Waals surface area (Å²) in [5.74, 6) is -0.675. The maximum atomic E-state index is 12.7. The van der Waals surface area contributed by atoms with Crippen molar-refractivity contribution in [1.29, 1.82) is 0 Å². The highest BCUT2D eigenvalue weighted by atomic mass is 16.6. The lowest BCUT2D eigenvalue weighted by molar-refractivity contribution is -0.164. The molecule has 8 unspecified atom stereocenters. The van der Waals surface area contributed by atoms with Gasteiger partial charge in [0.25, 0.3) is 0 Å². The Morgan fingerprint density at radius 2 is 1.87 bits per heavy atom. The SMILES string of the molecule is CC(=O)OCC12CCC(=O)OC(C)(C)C1CC=C1C2=CCC2(C)C(C(C)C3OC(=O)C(C)=CC3O)CCC12C. The van der Waals surface area contributed by atoms with E-state index in [1.54, 1.807) is 13.0 Å². The van der Waals surface area contributed by atoms with Gasteiger partial charge in [-0.1, -0.05) is 32.9 Å². The van der Waals surface area contributed by atoms with Gasteiger partial charge in [0.15, 0.2) is 0 Å². The van der Waals surface area contributed by atoms with E-state index in [1.807, 2.05) is 13.8 Å². The van der Waals surface area contributed by atoms with Crippen molar-refractivity contribution >= 4 is 17.9 Å². The van der Waals surface area contributed by atoms with Gasteiger partial charge in [-0.3, -0.25) is 9.59 Å². The fraction of sp³-hybridized carbons (Fsp3) is 0.719. The largest absolute Gasteiger partial charge is 0.465 e. The van der Waals surface area contributed by atoms with Gasteiger partial charge in [0.05, 0.1) is 0 Å². The summed E-state index contributed by atoms with van der Waals surface area (Å²) in [6, 6.07) is 0. The first-order valence-corrected chi connectivity index (χ1v) is 14.5. The molecule has 5 aliphatic rings. The highest BCUT2D eigenvalue weighted by molar-refractivity contribution is 5.88. The first-order valence-electron chi connectivity index (χ1n) is 14.5. The van der Waals surface area contributed by atoms with Gasteiger partial charge in [-0.05, 0) is 92.8 Å². The van der Waals surface area contributed by atoms with Gasteiger partial charge >= 0.3 is 17.9 Å². The molecule has 1 N–H and O–H groups in total. The zero-order valence-electron chi connectivity index (χ0n) is 24.5. The summed E-state index contributed by atoms with van der Waals surface area (Å²) in [6.45, 7) is 14.1. The summed E-state index contributed by atoms with van der Waals surface area (Å²) in [6.07, 6.45) is 9.31. The number of esters is 3. The van der Waals surface area contributed by atoms with Gasteiger partial charge in [0.2, 0.25) is 0 Å². The lowest BCUT2D eigenvalue weighted by atomic mass is 9.47. The Hall–Kier alpha value is -2.41. The van der Waals surface area contributed by atoms with Crippen LogP contribution in [0, 0.1) is 34.0 Å². The van der Waals surface area contributed by atoms with Crippen LogP contribution in [-0.2, 0) is 28.6 Å². The summed E-state index contributed by atoms with van der Waals surface area (Å²) in [4.78, 5) is 37.1. The number of ether oxygens (including phenoxy) is 3. The fourth-order valence-electron chi connectivity index (χ4n) is 9.13. The monoisotopic (exact) mass is 540 g/mol. The van der Waals surface area contributed by atoms with Crippen LogP contribution < -0.4 is 0 Å². The molecule has 39 heavy (non-hydrogen) atoms. The van der Waals surface area contributed by atoms with Crippen LogP contribution in [0.15, 0.2) is 34.9 Å². The van der Waals surface area contributed by atoms with Crippen LogP contribution in [0.4, 0.5) is 0 Å². The second kappa shape index (κ2) is 9.32. The van der Waals surface area contributed by atoms with Crippen LogP contribution in [0.5, 0.6) is 0 Å². The van der Waals surface area contributed by atoms with Gasteiger partial charge in [-0.25, -0.2) is 4.79 Å². The van der Waals surface area contributed by atoms with E-state index in [9.17, 15) is 19.5 Å². The number of allylic oxidation sites excluding steroid dienone is 3. The van der Waals surface area contributed by atoms with Crippen molar-refractivity contribution in [2.24, 2.45) is 34.0 Å². The second-order valence-corrected chi connectivity index (χ2v) is 13.7. The number of aliphatic hydroxyl groups is 1. The topological polar surface area (TPSA) is 99.1 Å². The quantitative estimate of drug-likeness (QED) is 0.386. The third-order valence-electron chi connectivity index (χ3n) is 11.4. The number of fused-ring (bicyclic) bond motifs is 5. The summed E-state index contributed by atoms with van der Waals surface area (Å²) in [5, 5.41) is 10.8. The lowest BCUT2D eigenvalue weighted by Gasteiger charge is -2.58. The molecule has 3 aliphatic carbocycles. The van der Waals surface area contributed by atoms with Crippen LogP contribution in [0.2, 0.25) is 0 Å². The van der Waals surface area contributed by atoms with Crippen LogP contribution in [0.25, 0.3) is 0 Å². The summed E-state index contributed by atoms with van der Waals surface area (Å²) in [5.41, 5.74) is 1.49. The van der Waals surface area contributed by atoms with Gasteiger partial charge in [-0.15, -0.1) is 0 Å². The maximum Gasteiger partial charge on any atom is 0.333 e. The normalized spacial score (nSPS) is 41.8. The molecule has 0 spiro atoms. The molecule has 2 heterocycles. The van der Waals surface area contributed by atoms with E-state index in [1.165, 1.54) is 18.1 Å². The van der Waals surface area contributed by atoms with Crippen molar-refractivity contribution in [3.05, 3.63) is 34.9 Å². The van der Waals surface area contributed by atoms with Crippen LogP contribution in [0.3, 0.4) is 0 Å². The van der Waals surface area contributed by atoms with Crippen molar-refractivity contribution in [2.45, 2.75) is 105 Å². The van der Waals surface area contributed by atoms with E-state index in [-0.39, 0.29) is 59.5 Å². The zero-order chi connectivity index (χ0) is 28.5. The lowest BCUT2D eigenvalue weighted by Crippen LogP contribution is -2.54. The molecule has 0 aromatic heterocycles. The molecule has 1 saturated heterocycles. The zero-order valence-corrected chi connectivity index (χ0v) is 24.5. The molecule has 2 aliphatic heterocycles. The number of cyclic esters (lactones) is 2. The molecule has 0 aromatic carbocycles. The predicted molar refractivity (Wildman–Crippen MR) is 145 cm³/mol. The van der Waals surface area contributed by atoms with Crippen LogP contribution in [0.1, 0.15) is 87.0 Å². The minimum absolute atomic E-state index is 0.0123. The number of carbonyl (C=O) groups excluding carboxylic acids is 3. The standard InChI is InChI=1S/C32H44O7/c1-18-16-24(34)27(38-28(18)36)19(2)21-10-13-31(7)22-8-9-25-29(4,5)39-26(35)12-15-32(25,17-37-20(3)33)23(22)11-14-30(21,31)6/h8,11,16,19,21,24-25,27,34H,9-10,12-15,17H2,1-7H3. The molecular formula is C32H44O7. The number of aliphatic hydroxyl groups excluding tert-OH is 1. The number of carbonyl (C=O) groups is 3. The van der Waals surface area contributed by atoms with Crippen LogP contribution >= 0.6 is 0 Å². The Morgan fingerprint density at radius 1 is 1.15 bits per heavy atom. The number of hydrogen-bond acceptors (Lipinski definition) is 7. The Labute approximate surface area is 232 Å². The average molecular weight is 541 g/mol. The first kappa shape index (κ1) is 28.1. The number of hydrogen-bond donors (Lipinski definition) is 1. The van der Waals surface area contributed by atoms with Gasteiger partial charge in [0, 0.05) is 30.3 Å². The van der Waals surface area contributed by atoms with Crippen molar-refractivity contribution in [3.8, 4) is 0 Å². The van der Waals surface area contributed by atoms with Crippen molar-refractivity contribution < 1.29 is 33.7 Å². The Balaban J connectivity index is 1.55. The first-order chi connectivity index (χ1) is 18.2. The fourth-order valence-corrected chi connectivity index (χ4v) is 9.13. The van der Waals surface area contributed by atoms with E-state index in [2.05, 4.69) is 32.9 Å². The van der Waals surface area contributed by atoms with E-state index >= 15 is 0 Å². The highest BCUT2D eigenvalue weighted by Gasteiger charge is 2.64. The minimum atomic E-state index is -0.810. The smallest absolute Gasteiger partial charge is 0.333 e. The third-order valence-corrected chi connectivity index (χ3v) is 11.4. The van der Waals surface area contributed by atoms with E-state index in [0.29, 0.717) is 12.0 Å². The van der Waals surface area contributed by atoms with Gasteiger partial charge in [0.1, 0.15) is 24.4 Å². The van der Waals surface area contributed by atoms with Crippen molar-refractivity contribution in [1.82, 2.24) is 0 Å². The van der Waals surface area contributed by atoms with Crippen molar-refractivity contribution in [3.63, 3.8) is 0 Å². The molecule has 214 valence electrons. The maximum absolute atomic E-state index is 12.7. The molecular weight excluding hydrogens is 496 g/mol. The predicted octanol–water partition coefficient (Wildman–Crippen LogP) is 5.22. The molecule has 0 radical (unpaired) electrons.